The highest BCUT2D eigenvalue weighted by Gasteiger charge is 2.20. The number of carbonyl (C=O) groups is 1. The van der Waals surface area contributed by atoms with Crippen LogP contribution in [0, 0.1) is 13.8 Å². The number of pyridine rings is 1. The number of ether oxygens (including phenoxy) is 1. The van der Waals surface area contributed by atoms with Gasteiger partial charge in [-0.2, -0.15) is 4.98 Å². The first-order chi connectivity index (χ1) is 16.5. The zero-order valence-electron chi connectivity index (χ0n) is 21.8. The number of aromatic nitrogens is 3. The van der Waals surface area contributed by atoms with Crippen molar-refractivity contribution in [3.8, 4) is 16.9 Å². The van der Waals surface area contributed by atoms with E-state index in [1.54, 1.807) is 6.20 Å². The monoisotopic (exact) mass is 479 g/mol. The number of nitrogens with zero attached hydrogens (tertiary/aromatic N) is 4. The highest BCUT2D eigenvalue weighted by Crippen LogP contribution is 2.38. The van der Waals surface area contributed by atoms with Gasteiger partial charge in [0, 0.05) is 29.2 Å². The van der Waals surface area contributed by atoms with Crippen molar-refractivity contribution < 1.29 is 9.53 Å². The number of aryl methyl sites for hydroxylation is 1. The number of nitrogens with two attached hydrogens (primary N) is 1. The molecule has 2 heterocycles. The lowest BCUT2D eigenvalue weighted by Crippen LogP contribution is -2.43. The smallest absolute Gasteiger partial charge is 0.320 e. The van der Waals surface area contributed by atoms with Gasteiger partial charge in [-0.3, -0.25) is 5.32 Å². The number of hydrogen-bond donors (Lipinski definition) is 3. The van der Waals surface area contributed by atoms with E-state index >= 15 is 0 Å². The first kappa shape index (κ1) is 26.2. The van der Waals surface area contributed by atoms with Crippen molar-refractivity contribution in [1.82, 2.24) is 25.2 Å². The molecule has 2 amide bonds. The highest BCUT2D eigenvalue weighted by atomic mass is 16.5. The fourth-order valence-electron chi connectivity index (χ4n) is 3.97. The number of amides is 2. The SMILES string of the molecule is CCN(CC)CCOc1ccc(C)c(-c2cc3cnc(N)nc3nc2NC(=O)NC(C)(C)C)c1C. The largest absolute Gasteiger partial charge is 0.492 e. The van der Waals surface area contributed by atoms with Gasteiger partial charge >= 0.3 is 6.03 Å². The summed E-state index contributed by atoms with van der Waals surface area (Å²) in [7, 11) is 0. The first-order valence-corrected chi connectivity index (χ1v) is 12.0. The summed E-state index contributed by atoms with van der Waals surface area (Å²) in [5.74, 6) is 1.32. The predicted octanol–water partition coefficient (Wildman–Crippen LogP) is 4.53. The molecule has 0 bridgehead atoms. The molecule has 0 unspecified atom stereocenters. The van der Waals surface area contributed by atoms with Gasteiger partial charge in [-0.05, 0) is 76.5 Å². The average Bonchev–Trinajstić information content (AvgIpc) is 2.77. The van der Waals surface area contributed by atoms with Crippen molar-refractivity contribution >= 4 is 28.8 Å². The minimum Gasteiger partial charge on any atom is -0.492 e. The number of carbonyl (C=O) groups excluding carboxylic acids is 1. The van der Waals surface area contributed by atoms with Crippen molar-refractivity contribution in [3.05, 3.63) is 35.5 Å². The molecule has 0 spiro atoms. The van der Waals surface area contributed by atoms with Crippen LogP contribution in [-0.4, -0.2) is 57.7 Å². The van der Waals surface area contributed by atoms with Gasteiger partial charge in [0.15, 0.2) is 5.65 Å². The normalized spacial score (nSPS) is 11.7. The third-order valence-electron chi connectivity index (χ3n) is 5.76. The number of anilines is 2. The summed E-state index contributed by atoms with van der Waals surface area (Å²) in [4.78, 5) is 28.1. The van der Waals surface area contributed by atoms with Crippen LogP contribution in [0.25, 0.3) is 22.2 Å². The number of likely N-dealkylation sites (N-methyl/N-ethyl adjacent to an activating group) is 1. The van der Waals surface area contributed by atoms with Gasteiger partial charge < -0.3 is 20.7 Å². The van der Waals surface area contributed by atoms with Gasteiger partial charge in [-0.25, -0.2) is 14.8 Å². The van der Waals surface area contributed by atoms with Crippen LogP contribution >= 0.6 is 0 Å². The van der Waals surface area contributed by atoms with Crippen LogP contribution in [-0.2, 0) is 0 Å². The zero-order valence-corrected chi connectivity index (χ0v) is 21.8. The molecule has 0 saturated carbocycles. The second-order valence-electron chi connectivity index (χ2n) is 9.61. The van der Waals surface area contributed by atoms with Gasteiger partial charge in [0.2, 0.25) is 5.95 Å². The molecule has 3 aromatic rings. The molecule has 35 heavy (non-hydrogen) atoms. The maximum atomic E-state index is 12.8. The topological polar surface area (TPSA) is 118 Å². The molecule has 3 rings (SSSR count). The van der Waals surface area contributed by atoms with Gasteiger partial charge in [0.1, 0.15) is 18.2 Å². The summed E-state index contributed by atoms with van der Waals surface area (Å²) < 4.78 is 6.18. The Kier molecular flexibility index (Phi) is 8.11. The van der Waals surface area contributed by atoms with E-state index in [0.29, 0.717) is 18.1 Å². The molecule has 0 fully saturated rings. The number of nitrogen functional groups attached to an aromatic ring is 1. The molecule has 1 aromatic carbocycles. The third kappa shape index (κ3) is 6.57. The van der Waals surface area contributed by atoms with Gasteiger partial charge in [0.25, 0.3) is 0 Å². The van der Waals surface area contributed by atoms with E-state index < -0.39 is 5.54 Å². The van der Waals surface area contributed by atoms with Crippen molar-refractivity contribution in [1.29, 1.82) is 0 Å². The van der Waals surface area contributed by atoms with Crippen molar-refractivity contribution in [2.75, 3.05) is 37.3 Å². The molecule has 4 N–H and O–H groups in total. The second-order valence-corrected chi connectivity index (χ2v) is 9.61. The lowest BCUT2D eigenvalue weighted by Gasteiger charge is -2.22. The summed E-state index contributed by atoms with van der Waals surface area (Å²) in [5, 5.41) is 6.56. The predicted molar refractivity (Wildman–Crippen MR) is 142 cm³/mol. The van der Waals surface area contributed by atoms with Gasteiger partial charge in [-0.15, -0.1) is 0 Å². The molecule has 9 nitrogen and oxygen atoms in total. The highest BCUT2D eigenvalue weighted by molar-refractivity contribution is 5.97. The van der Waals surface area contributed by atoms with E-state index in [-0.39, 0.29) is 12.0 Å². The van der Waals surface area contributed by atoms with E-state index in [9.17, 15) is 4.79 Å². The standard InChI is InChI=1S/C26H37N7O2/c1-8-33(9-2)12-13-35-20-11-10-16(3)21(17(20)4)19-14-18-15-28-24(27)30-22(18)29-23(19)31-25(34)32-26(5,6)7/h10-11,14-15H,8-9,12-13H2,1-7H3,(H4,27,28,29,30,31,32,34). The van der Waals surface area contributed by atoms with Crippen LogP contribution in [0.2, 0.25) is 0 Å². The number of hydrogen-bond acceptors (Lipinski definition) is 7. The van der Waals surface area contributed by atoms with Crippen LogP contribution in [0.15, 0.2) is 24.4 Å². The molecule has 9 heteroatoms. The maximum absolute atomic E-state index is 12.8. The van der Waals surface area contributed by atoms with Crippen molar-refractivity contribution in [3.63, 3.8) is 0 Å². The number of benzene rings is 1. The van der Waals surface area contributed by atoms with E-state index in [1.807, 2.05) is 52.8 Å². The summed E-state index contributed by atoms with van der Waals surface area (Å²) in [6.07, 6.45) is 1.64. The number of fused-ring (bicyclic) bond motifs is 1. The van der Waals surface area contributed by atoms with E-state index in [0.717, 1.165) is 53.0 Å². The Labute approximate surface area is 207 Å². The van der Waals surface area contributed by atoms with Crippen LogP contribution in [0.1, 0.15) is 45.7 Å². The number of nitrogens with one attached hydrogen (secondary N) is 2. The fourth-order valence-corrected chi connectivity index (χ4v) is 3.97. The quantitative estimate of drug-likeness (QED) is 0.434. The Hall–Kier alpha value is -3.46. The second kappa shape index (κ2) is 10.9. The minimum absolute atomic E-state index is 0.124. The summed E-state index contributed by atoms with van der Waals surface area (Å²) in [6, 6.07) is 5.60. The molecule has 0 saturated heterocycles. The lowest BCUT2D eigenvalue weighted by atomic mass is 9.94. The lowest BCUT2D eigenvalue weighted by molar-refractivity contribution is 0.222. The molecule has 0 aliphatic carbocycles. The number of urea groups is 1. The zero-order chi connectivity index (χ0) is 25.8. The first-order valence-electron chi connectivity index (χ1n) is 12.0. The molecular weight excluding hydrogens is 442 g/mol. The van der Waals surface area contributed by atoms with Crippen LogP contribution < -0.4 is 21.1 Å². The average molecular weight is 480 g/mol. The van der Waals surface area contributed by atoms with Crippen molar-refractivity contribution in [2.24, 2.45) is 0 Å². The minimum atomic E-state index is -0.405. The van der Waals surface area contributed by atoms with Crippen LogP contribution in [0.3, 0.4) is 0 Å². The number of rotatable bonds is 8. The Morgan fingerprint density at radius 3 is 2.51 bits per heavy atom. The fraction of sp³-hybridized carbons (Fsp3) is 0.462. The molecule has 2 aromatic heterocycles. The van der Waals surface area contributed by atoms with E-state index in [4.69, 9.17) is 10.5 Å². The van der Waals surface area contributed by atoms with E-state index in [1.165, 1.54) is 0 Å². The summed E-state index contributed by atoms with van der Waals surface area (Å²) in [6.45, 7) is 17.5. The summed E-state index contributed by atoms with van der Waals surface area (Å²) >= 11 is 0. The van der Waals surface area contributed by atoms with Crippen molar-refractivity contribution in [2.45, 2.75) is 54.0 Å². The Morgan fingerprint density at radius 1 is 1.14 bits per heavy atom. The Balaban J connectivity index is 2.06. The third-order valence-corrected chi connectivity index (χ3v) is 5.76. The Bertz CT molecular complexity index is 1200. The molecule has 0 radical (unpaired) electrons. The maximum Gasteiger partial charge on any atom is 0.320 e. The molecule has 0 aliphatic rings. The molecule has 188 valence electrons. The van der Waals surface area contributed by atoms with E-state index in [2.05, 4.69) is 44.3 Å². The Morgan fingerprint density at radius 2 is 1.86 bits per heavy atom. The van der Waals surface area contributed by atoms with Gasteiger partial charge in [0.05, 0.1) is 0 Å². The summed E-state index contributed by atoms with van der Waals surface area (Å²) in [5.41, 5.74) is 9.51. The van der Waals surface area contributed by atoms with Crippen LogP contribution in [0.5, 0.6) is 5.75 Å². The van der Waals surface area contributed by atoms with Crippen LogP contribution in [0.4, 0.5) is 16.6 Å². The molecule has 0 aliphatic heterocycles. The molecular formula is C26H37N7O2. The molecule has 0 atom stereocenters. The van der Waals surface area contributed by atoms with Gasteiger partial charge in [-0.1, -0.05) is 19.9 Å².